The van der Waals surface area contributed by atoms with E-state index in [0.29, 0.717) is 35.6 Å². The van der Waals surface area contributed by atoms with Gasteiger partial charge < -0.3 is 15.0 Å². The summed E-state index contributed by atoms with van der Waals surface area (Å²) in [7, 11) is 0. The molecule has 1 aromatic heterocycles. The van der Waals surface area contributed by atoms with E-state index in [1.807, 2.05) is 13.8 Å². The number of aromatic amines is 1. The lowest BCUT2D eigenvalue weighted by molar-refractivity contribution is 0.0357. The lowest BCUT2D eigenvalue weighted by Gasteiger charge is -2.34. The number of carbonyl (C=O) groups is 1. The number of aromatic nitrogens is 1. The van der Waals surface area contributed by atoms with Gasteiger partial charge in [0, 0.05) is 18.5 Å². The average Bonchev–Trinajstić information content (AvgIpc) is 2.90. The highest BCUT2D eigenvalue weighted by Gasteiger charge is 2.28. The number of carbonyl (C=O) groups excluding carboxylic acids is 1. The zero-order valence-electron chi connectivity index (χ0n) is 13.9. The second-order valence-corrected chi connectivity index (χ2v) is 7.69. The molecule has 1 amide bonds. The van der Waals surface area contributed by atoms with Gasteiger partial charge >= 0.3 is 0 Å². The molecule has 1 fully saturated rings. The molecule has 0 aliphatic carbocycles. The van der Waals surface area contributed by atoms with E-state index < -0.39 is 11.4 Å². The van der Waals surface area contributed by atoms with Gasteiger partial charge in [0.05, 0.1) is 16.1 Å². The summed E-state index contributed by atoms with van der Waals surface area (Å²) in [4.78, 5) is 17.5. The molecule has 0 bridgehead atoms. The maximum atomic E-state index is 13.4. The number of amides is 1. The van der Waals surface area contributed by atoms with Gasteiger partial charge in [0.2, 0.25) is 0 Å². The molecule has 3 rings (SSSR count). The molecule has 2 N–H and O–H groups in total. The van der Waals surface area contributed by atoms with Crippen LogP contribution in [-0.2, 0) is 0 Å². The van der Waals surface area contributed by atoms with E-state index in [4.69, 9.17) is 11.6 Å². The van der Waals surface area contributed by atoms with E-state index in [1.165, 1.54) is 12.1 Å². The molecule has 2 heterocycles. The third kappa shape index (κ3) is 3.73. The summed E-state index contributed by atoms with van der Waals surface area (Å²) < 4.78 is 13.4. The summed E-state index contributed by atoms with van der Waals surface area (Å²) >= 11 is 6.03. The summed E-state index contributed by atoms with van der Waals surface area (Å²) in [6, 6.07) is 4.25. The number of benzene rings is 1. The van der Waals surface area contributed by atoms with Gasteiger partial charge in [-0.2, -0.15) is 0 Å². The van der Waals surface area contributed by atoms with Crippen molar-refractivity contribution < 1.29 is 14.3 Å². The number of hydrogen-bond acceptors (Lipinski definition) is 2. The first-order chi connectivity index (χ1) is 11.2. The van der Waals surface area contributed by atoms with Crippen LogP contribution < -0.4 is 0 Å². The highest BCUT2D eigenvalue weighted by molar-refractivity contribution is 6.35. The fourth-order valence-electron chi connectivity index (χ4n) is 3.50. The van der Waals surface area contributed by atoms with Crippen molar-refractivity contribution in [3.05, 3.63) is 34.7 Å². The molecule has 1 aliphatic heterocycles. The van der Waals surface area contributed by atoms with Gasteiger partial charge in [0.25, 0.3) is 5.91 Å². The molecule has 0 radical (unpaired) electrons. The van der Waals surface area contributed by atoms with Crippen LogP contribution in [0, 0.1) is 11.7 Å². The molecule has 24 heavy (non-hydrogen) atoms. The number of fused-ring (bicyclic) bond motifs is 1. The van der Waals surface area contributed by atoms with Crippen LogP contribution in [0.3, 0.4) is 0 Å². The largest absolute Gasteiger partial charge is 0.390 e. The Balaban J connectivity index is 1.71. The van der Waals surface area contributed by atoms with E-state index in [-0.39, 0.29) is 10.9 Å². The maximum absolute atomic E-state index is 13.4. The second kappa shape index (κ2) is 6.37. The Morgan fingerprint density at radius 2 is 2.04 bits per heavy atom. The van der Waals surface area contributed by atoms with Gasteiger partial charge in [0.15, 0.2) is 0 Å². The number of piperidine rings is 1. The molecular weight excluding hydrogens is 331 g/mol. The van der Waals surface area contributed by atoms with Crippen molar-refractivity contribution >= 4 is 28.4 Å². The predicted octanol–water partition coefficient (Wildman–Crippen LogP) is 3.97. The quantitative estimate of drug-likeness (QED) is 0.878. The Hall–Kier alpha value is -1.59. The van der Waals surface area contributed by atoms with E-state index >= 15 is 0 Å². The Morgan fingerprint density at radius 3 is 2.67 bits per heavy atom. The van der Waals surface area contributed by atoms with Crippen LogP contribution in [0.15, 0.2) is 18.2 Å². The summed E-state index contributed by atoms with van der Waals surface area (Å²) in [5, 5.41) is 10.8. The molecule has 130 valence electrons. The number of halogens is 2. The van der Waals surface area contributed by atoms with Gasteiger partial charge in [-0.05, 0) is 57.2 Å². The van der Waals surface area contributed by atoms with Crippen molar-refractivity contribution in [3.63, 3.8) is 0 Å². The standard InChI is InChI=1S/C18H22ClFN2O2/c1-18(2,24)10-11-3-5-22(6-4-11)17(23)15-8-12-7-13(20)9-14(19)16(12)21-15/h7-9,11,21,24H,3-6,10H2,1-2H3. The molecular formula is C18H22ClFN2O2. The summed E-state index contributed by atoms with van der Waals surface area (Å²) in [5.74, 6) is -0.0809. The summed E-state index contributed by atoms with van der Waals surface area (Å²) in [5.41, 5.74) is 0.339. The topological polar surface area (TPSA) is 56.3 Å². The monoisotopic (exact) mass is 352 g/mol. The SMILES string of the molecule is CC(C)(O)CC1CCN(C(=O)c2cc3cc(F)cc(Cl)c3[nH]2)CC1. The Morgan fingerprint density at radius 1 is 1.38 bits per heavy atom. The van der Waals surface area contributed by atoms with Gasteiger partial charge in [-0.1, -0.05) is 11.6 Å². The number of H-pyrrole nitrogens is 1. The number of rotatable bonds is 3. The number of hydrogen-bond donors (Lipinski definition) is 2. The lowest BCUT2D eigenvalue weighted by Crippen LogP contribution is -2.40. The first kappa shape index (κ1) is 17.2. The molecule has 1 saturated heterocycles. The molecule has 6 heteroatoms. The first-order valence-corrected chi connectivity index (χ1v) is 8.60. The molecule has 1 aliphatic rings. The van der Waals surface area contributed by atoms with Crippen LogP contribution in [0.2, 0.25) is 5.02 Å². The molecule has 0 spiro atoms. The minimum Gasteiger partial charge on any atom is -0.390 e. The van der Waals surface area contributed by atoms with E-state index in [9.17, 15) is 14.3 Å². The van der Waals surface area contributed by atoms with Crippen LogP contribution in [-0.4, -0.2) is 39.6 Å². The summed E-state index contributed by atoms with van der Waals surface area (Å²) in [6.45, 7) is 4.96. The minimum absolute atomic E-state index is 0.0932. The zero-order valence-corrected chi connectivity index (χ0v) is 14.7. The number of aliphatic hydroxyl groups is 1. The first-order valence-electron chi connectivity index (χ1n) is 8.22. The van der Waals surface area contributed by atoms with Gasteiger partial charge in [-0.25, -0.2) is 4.39 Å². The molecule has 0 unspecified atom stereocenters. The van der Waals surface area contributed by atoms with Crippen molar-refractivity contribution in [2.45, 2.75) is 38.7 Å². The molecule has 2 aromatic rings. The highest BCUT2D eigenvalue weighted by Crippen LogP contribution is 2.29. The van der Waals surface area contributed by atoms with Crippen LogP contribution in [0.4, 0.5) is 4.39 Å². The van der Waals surface area contributed by atoms with E-state index in [0.717, 1.165) is 19.3 Å². The van der Waals surface area contributed by atoms with E-state index in [2.05, 4.69) is 4.98 Å². The van der Waals surface area contributed by atoms with Gasteiger partial charge in [0.1, 0.15) is 11.5 Å². The minimum atomic E-state index is -0.672. The fraction of sp³-hybridized carbons (Fsp3) is 0.500. The third-order valence-electron chi connectivity index (χ3n) is 4.57. The van der Waals surface area contributed by atoms with Crippen LogP contribution in [0.25, 0.3) is 10.9 Å². The normalized spacial score (nSPS) is 16.8. The fourth-order valence-corrected chi connectivity index (χ4v) is 3.76. The molecule has 0 atom stereocenters. The zero-order chi connectivity index (χ0) is 17.5. The smallest absolute Gasteiger partial charge is 0.270 e. The lowest BCUT2D eigenvalue weighted by atomic mass is 9.86. The van der Waals surface area contributed by atoms with Crippen molar-refractivity contribution in [2.75, 3.05) is 13.1 Å². The van der Waals surface area contributed by atoms with Crippen molar-refractivity contribution in [3.8, 4) is 0 Å². The van der Waals surface area contributed by atoms with Crippen LogP contribution >= 0.6 is 11.6 Å². The summed E-state index contributed by atoms with van der Waals surface area (Å²) in [6.07, 6.45) is 2.51. The average molecular weight is 353 g/mol. The van der Waals surface area contributed by atoms with Crippen LogP contribution in [0.1, 0.15) is 43.6 Å². The van der Waals surface area contributed by atoms with Gasteiger partial charge in [-0.3, -0.25) is 4.79 Å². The maximum Gasteiger partial charge on any atom is 0.270 e. The molecule has 0 saturated carbocycles. The third-order valence-corrected chi connectivity index (χ3v) is 4.86. The number of nitrogens with one attached hydrogen (secondary N) is 1. The molecule has 4 nitrogen and oxygen atoms in total. The van der Waals surface area contributed by atoms with Crippen LogP contribution in [0.5, 0.6) is 0 Å². The Kier molecular flexibility index (Phi) is 4.58. The predicted molar refractivity (Wildman–Crippen MR) is 92.8 cm³/mol. The Bertz CT molecular complexity index is 758. The van der Waals surface area contributed by atoms with Crippen molar-refractivity contribution in [2.24, 2.45) is 5.92 Å². The van der Waals surface area contributed by atoms with Crippen molar-refractivity contribution in [1.29, 1.82) is 0 Å². The number of likely N-dealkylation sites (tertiary alicyclic amines) is 1. The van der Waals surface area contributed by atoms with Gasteiger partial charge in [-0.15, -0.1) is 0 Å². The Labute approximate surface area is 145 Å². The number of nitrogens with zero attached hydrogens (tertiary/aromatic N) is 1. The molecule has 1 aromatic carbocycles. The second-order valence-electron chi connectivity index (χ2n) is 7.29. The van der Waals surface area contributed by atoms with E-state index in [1.54, 1.807) is 11.0 Å². The van der Waals surface area contributed by atoms with Crippen molar-refractivity contribution in [1.82, 2.24) is 9.88 Å². The highest BCUT2D eigenvalue weighted by atomic mass is 35.5.